The van der Waals surface area contributed by atoms with Crippen LogP contribution in [0.25, 0.3) is 11.1 Å². The predicted octanol–water partition coefficient (Wildman–Crippen LogP) is 8.13. The first-order chi connectivity index (χ1) is 18.5. The molecule has 200 valence electrons. The minimum absolute atomic E-state index is 0.0335. The maximum Gasteiger partial charge on any atom is 0.340 e. The number of anilines is 1. The van der Waals surface area contributed by atoms with E-state index in [2.05, 4.69) is 48.1 Å². The highest BCUT2D eigenvalue weighted by atomic mass is 19.1. The van der Waals surface area contributed by atoms with Crippen LogP contribution in [-0.2, 0) is 22.5 Å². The normalized spacial score (nSPS) is 13.4. The molecule has 1 amide bonds. The topological polar surface area (TPSA) is 46.6 Å². The molecule has 0 aliphatic heterocycles. The van der Waals surface area contributed by atoms with Gasteiger partial charge in [0.25, 0.3) is 0 Å². The third-order valence-corrected chi connectivity index (χ3v) is 7.61. The first-order valence-corrected chi connectivity index (χ1v) is 13.8. The summed E-state index contributed by atoms with van der Waals surface area (Å²) in [7, 11) is 1.22. The molecule has 0 unspecified atom stereocenters. The Bertz CT molecular complexity index is 1210. The molecule has 0 atom stereocenters. The number of carbonyl (C=O) groups is 2. The molecule has 5 heteroatoms. The molecule has 4 nitrogen and oxygen atoms in total. The molecule has 0 saturated heterocycles. The summed E-state index contributed by atoms with van der Waals surface area (Å²) in [6, 6.07) is 21.2. The van der Waals surface area contributed by atoms with Crippen molar-refractivity contribution in [2.75, 3.05) is 12.0 Å². The van der Waals surface area contributed by atoms with E-state index in [0.717, 1.165) is 29.5 Å². The summed E-state index contributed by atoms with van der Waals surface area (Å²) in [6.07, 6.45) is 9.58. The van der Waals surface area contributed by atoms with E-state index in [9.17, 15) is 14.0 Å². The van der Waals surface area contributed by atoms with Gasteiger partial charge >= 0.3 is 5.97 Å². The van der Waals surface area contributed by atoms with Gasteiger partial charge in [-0.15, -0.1) is 0 Å². The summed E-state index contributed by atoms with van der Waals surface area (Å²) < 4.78 is 19.4. The van der Waals surface area contributed by atoms with Crippen molar-refractivity contribution in [2.24, 2.45) is 5.92 Å². The van der Waals surface area contributed by atoms with E-state index >= 15 is 0 Å². The highest BCUT2D eigenvalue weighted by Gasteiger charge is 2.22. The number of rotatable bonds is 11. The Morgan fingerprint density at radius 3 is 2.13 bits per heavy atom. The summed E-state index contributed by atoms with van der Waals surface area (Å²) in [6.45, 7) is 2.53. The molecule has 4 rings (SSSR count). The van der Waals surface area contributed by atoms with Gasteiger partial charge in [0.05, 0.1) is 19.2 Å². The molecule has 1 aliphatic rings. The number of unbranched alkanes of at least 4 members (excludes halogenated alkanes) is 1. The zero-order valence-electron chi connectivity index (χ0n) is 22.5. The van der Waals surface area contributed by atoms with E-state index in [-0.39, 0.29) is 11.5 Å². The van der Waals surface area contributed by atoms with Gasteiger partial charge in [-0.25, -0.2) is 9.18 Å². The van der Waals surface area contributed by atoms with Crippen LogP contribution in [0.15, 0.2) is 66.7 Å². The summed E-state index contributed by atoms with van der Waals surface area (Å²) in [5, 5.41) is 0. The molecule has 1 saturated carbocycles. The molecule has 1 fully saturated rings. The lowest BCUT2D eigenvalue weighted by Gasteiger charge is -2.24. The fraction of sp³-hybridized carbons (Fsp3) is 0.394. The van der Waals surface area contributed by atoms with Gasteiger partial charge in [-0.3, -0.25) is 4.79 Å². The second-order valence-corrected chi connectivity index (χ2v) is 10.3. The van der Waals surface area contributed by atoms with Crippen molar-refractivity contribution in [1.82, 2.24) is 0 Å². The Hall–Kier alpha value is -3.47. The minimum Gasteiger partial charge on any atom is -0.465 e. The van der Waals surface area contributed by atoms with Gasteiger partial charge in [0.2, 0.25) is 5.91 Å². The molecular formula is C33H38FNO3. The molecule has 3 aromatic carbocycles. The van der Waals surface area contributed by atoms with Crippen molar-refractivity contribution in [3.63, 3.8) is 0 Å². The second kappa shape index (κ2) is 13.4. The lowest BCUT2D eigenvalue weighted by atomic mass is 10.00. The van der Waals surface area contributed by atoms with Crippen LogP contribution >= 0.6 is 0 Å². The van der Waals surface area contributed by atoms with Gasteiger partial charge < -0.3 is 9.64 Å². The lowest BCUT2D eigenvalue weighted by Crippen LogP contribution is -2.30. The number of nitrogens with zero attached hydrogens (tertiary/aromatic N) is 1. The number of benzene rings is 3. The first kappa shape index (κ1) is 27.6. The van der Waals surface area contributed by atoms with E-state index < -0.39 is 11.8 Å². The monoisotopic (exact) mass is 515 g/mol. The maximum absolute atomic E-state index is 14.8. The average molecular weight is 516 g/mol. The Morgan fingerprint density at radius 2 is 1.55 bits per heavy atom. The Kier molecular flexibility index (Phi) is 9.69. The fourth-order valence-corrected chi connectivity index (χ4v) is 5.26. The fourth-order valence-electron chi connectivity index (χ4n) is 5.26. The highest BCUT2D eigenvalue weighted by Crippen LogP contribution is 2.30. The molecule has 1 aliphatic carbocycles. The molecule has 0 heterocycles. The summed E-state index contributed by atoms with van der Waals surface area (Å²) in [5.41, 5.74) is 4.88. The summed E-state index contributed by atoms with van der Waals surface area (Å²) in [5.74, 6) is -0.872. The smallest absolute Gasteiger partial charge is 0.340 e. The number of hydrogen-bond donors (Lipinski definition) is 0. The third-order valence-electron chi connectivity index (χ3n) is 7.61. The van der Waals surface area contributed by atoms with Crippen molar-refractivity contribution >= 4 is 17.6 Å². The van der Waals surface area contributed by atoms with Crippen LogP contribution in [0.3, 0.4) is 0 Å². The Morgan fingerprint density at radius 1 is 0.921 bits per heavy atom. The van der Waals surface area contributed by atoms with Gasteiger partial charge in [0.15, 0.2) is 0 Å². The van der Waals surface area contributed by atoms with Crippen LogP contribution < -0.4 is 4.90 Å². The van der Waals surface area contributed by atoms with E-state index in [1.165, 1.54) is 63.3 Å². The molecular weight excluding hydrogens is 477 g/mol. The number of halogens is 1. The van der Waals surface area contributed by atoms with Crippen molar-refractivity contribution in [3.05, 3.63) is 89.2 Å². The van der Waals surface area contributed by atoms with Crippen LogP contribution in [0.5, 0.6) is 0 Å². The van der Waals surface area contributed by atoms with Crippen molar-refractivity contribution < 1.29 is 18.7 Å². The van der Waals surface area contributed by atoms with E-state index in [1.54, 1.807) is 11.0 Å². The number of ether oxygens (including phenoxy) is 1. The lowest BCUT2D eigenvalue weighted by molar-refractivity contribution is -0.119. The van der Waals surface area contributed by atoms with E-state index in [4.69, 9.17) is 0 Å². The number of aryl methyl sites for hydroxylation is 1. The Labute approximate surface area is 225 Å². The number of esters is 1. The molecule has 0 bridgehead atoms. The van der Waals surface area contributed by atoms with Gasteiger partial charge in [-0.2, -0.15) is 0 Å². The third kappa shape index (κ3) is 7.09. The predicted molar refractivity (Wildman–Crippen MR) is 151 cm³/mol. The number of methoxy groups -OCH3 is 1. The molecule has 0 spiro atoms. The largest absolute Gasteiger partial charge is 0.465 e. The zero-order valence-corrected chi connectivity index (χ0v) is 22.5. The average Bonchev–Trinajstić information content (AvgIpc) is 3.47. The first-order valence-electron chi connectivity index (χ1n) is 13.8. The molecule has 0 aromatic heterocycles. The van der Waals surface area contributed by atoms with Gasteiger partial charge in [0.1, 0.15) is 5.82 Å². The van der Waals surface area contributed by atoms with E-state index in [1.807, 2.05) is 12.1 Å². The van der Waals surface area contributed by atoms with E-state index in [0.29, 0.717) is 24.6 Å². The van der Waals surface area contributed by atoms with Gasteiger partial charge in [-0.1, -0.05) is 87.6 Å². The summed E-state index contributed by atoms with van der Waals surface area (Å²) >= 11 is 0. The molecule has 0 radical (unpaired) electrons. The van der Waals surface area contributed by atoms with Crippen LogP contribution in [-0.4, -0.2) is 19.0 Å². The Balaban J connectivity index is 1.52. The molecule has 38 heavy (non-hydrogen) atoms. The minimum atomic E-state index is -0.734. The van der Waals surface area contributed by atoms with Crippen LogP contribution in [0.2, 0.25) is 0 Å². The summed E-state index contributed by atoms with van der Waals surface area (Å²) in [4.78, 5) is 26.9. The second-order valence-electron chi connectivity index (χ2n) is 10.3. The van der Waals surface area contributed by atoms with Crippen LogP contribution in [0.1, 0.15) is 79.8 Å². The highest BCUT2D eigenvalue weighted by molar-refractivity contribution is 5.95. The standard InChI is InChI=1S/C33H38FNO3/c1-3-4-7-25-10-15-27(16-11-25)28-17-12-26(13-18-28)23-35(32(36)21-14-24-8-5-6-9-24)29-19-20-30(31(34)22-29)33(37)38-2/h10-13,15-20,22,24H,3-9,14,21,23H2,1-2H3. The van der Waals surface area contributed by atoms with Crippen LogP contribution in [0, 0.1) is 11.7 Å². The zero-order chi connectivity index (χ0) is 26.9. The number of amides is 1. The molecule has 0 N–H and O–H groups in total. The molecule has 3 aromatic rings. The number of carbonyl (C=O) groups excluding carboxylic acids is 2. The van der Waals surface area contributed by atoms with Gasteiger partial charge in [0, 0.05) is 12.1 Å². The van der Waals surface area contributed by atoms with Crippen molar-refractivity contribution in [3.8, 4) is 11.1 Å². The number of hydrogen-bond acceptors (Lipinski definition) is 3. The van der Waals surface area contributed by atoms with Crippen molar-refractivity contribution in [1.29, 1.82) is 0 Å². The van der Waals surface area contributed by atoms with Crippen molar-refractivity contribution in [2.45, 2.75) is 71.3 Å². The maximum atomic E-state index is 14.8. The van der Waals surface area contributed by atoms with Gasteiger partial charge in [-0.05, 0) is 65.6 Å². The van der Waals surface area contributed by atoms with Crippen LogP contribution in [0.4, 0.5) is 10.1 Å². The SMILES string of the molecule is CCCCc1ccc(-c2ccc(CN(C(=O)CCC3CCCC3)c3ccc(C(=O)OC)c(F)c3)cc2)cc1. The quantitative estimate of drug-likeness (QED) is 0.242.